The van der Waals surface area contributed by atoms with Crippen molar-refractivity contribution in [2.75, 3.05) is 6.61 Å². The summed E-state index contributed by atoms with van der Waals surface area (Å²) in [4.78, 5) is 13.0. The van der Waals surface area contributed by atoms with Gasteiger partial charge in [-0.25, -0.2) is 5.43 Å². The highest BCUT2D eigenvalue weighted by Gasteiger charge is 2.39. The monoisotopic (exact) mass is 512 g/mol. The van der Waals surface area contributed by atoms with Crippen LogP contribution in [0.4, 0.5) is 0 Å². The minimum atomic E-state index is -1.86. The summed E-state index contributed by atoms with van der Waals surface area (Å²) >= 11 is 2.17. The molecule has 0 unspecified atom stereocenters. The molecule has 30 heavy (non-hydrogen) atoms. The Hall–Kier alpha value is -2.97. The molecule has 6 heteroatoms. The van der Waals surface area contributed by atoms with Gasteiger partial charge in [-0.3, -0.25) is 4.79 Å². The van der Waals surface area contributed by atoms with Gasteiger partial charge in [0.25, 0.3) is 5.91 Å². The largest absolute Gasteiger partial charge is 0.488 e. The summed E-state index contributed by atoms with van der Waals surface area (Å²) in [5, 5.41) is 15.4. The van der Waals surface area contributed by atoms with Crippen molar-refractivity contribution in [2.24, 2.45) is 5.10 Å². The third-order valence-corrected chi connectivity index (χ3v) is 5.25. The van der Waals surface area contributed by atoms with E-state index in [1.807, 2.05) is 30.3 Å². The maximum absolute atomic E-state index is 13.0. The molecule has 3 aromatic rings. The lowest BCUT2D eigenvalue weighted by Gasteiger charge is -2.27. The van der Waals surface area contributed by atoms with E-state index < -0.39 is 11.5 Å². The number of ether oxygens (including phenoxy) is 1. The first-order valence-corrected chi connectivity index (χ1v) is 10.3. The number of nitrogens with one attached hydrogen (secondary N) is 1. The van der Waals surface area contributed by atoms with Gasteiger partial charge in [-0.05, 0) is 57.5 Å². The fourth-order valence-corrected chi connectivity index (χ4v) is 3.59. The molecular formula is C24H21IN2O3. The SMILES string of the molecule is C=CCOc1ccc(/C=N/NC(=O)C(O)(c2ccccc2)c2ccccc2)cc1I. The zero-order valence-electron chi connectivity index (χ0n) is 16.2. The van der Waals surface area contributed by atoms with E-state index in [1.54, 1.807) is 54.6 Å². The normalized spacial score (nSPS) is 11.3. The second kappa shape index (κ2) is 10.2. The van der Waals surface area contributed by atoms with Crippen LogP contribution >= 0.6 is 22.6 Å². The molecule has 0 radical (unpaired) electrons. The van der Waals surface area contributed by atoms with Crippen molar-refractivity contribution in [2.45, 2.75) is 5.60 Å². The van der Waals surface area contributed by atoms with Crippen molar-refractivity contribution in [3.63, 3.8) is 0 Å². The average Bonchev–Trinajstić information content (AvgIpc) is 2.79. The first-order chi connectivity index (χ1) is 14.6. The van der Waals surface area contributed by atoms with Gasteiger partial charge in [-0.15, -0.1) is 0 Å². The van der Waals surface area contributed by atoms with Crippen molar-refractivity contribution in [1.29, 1.82) is 0 Å². The maximum Gasteiger partial charge on any atom is 0.281 e. The summed E-state index contributed by atoms with van der Waals surface area (Å²) in [6, 6.07) is 23.1. The van der Waals surface area contributed by atoms with Crippen LogP contribution in [-0.4, -0.2) is 23.8 Å². The van der Waals surface area contributed by atoms with Gasteiger partial charge in [-0.2, -0.15) is 5.10 Å². The third kappa shape index (κ3) is 4.95. The molecule has 1 amide bonds. The summed E-state index contributed by atoms with van der Waals surface area (Å²) in [6.07, 6.45) is 3.20. The van der Waals surface area contributed by atoms with E-state index >= 15 is 0 Å². The topological polar surface area (TPSA) is 70.9 Å². The molecule has 3 aromatic carbocycles. The van der Waals surface area contributed by atoms with E-state index in [2.05, 4.69) is 39.7 Å². The van der Waals surface area contributed by atoms with Gasteiger partial charge in [0.2, 0.25) is 0 Å². The molecule has 0 fully saturated rings. The Kier molecular flexibility index (Phi) is 7.37. The number of aliphatic hydroxyl groups is 1. The number of halogens is 1. The van der Waals surface area contributed by atoms with Gasteiger partial charge in [0.05, 0.1) is 9.78 Å². The third-order valence-electron chi connectivity index (χ3n) is 4.40. The van der Waals surface area contributed by atoms with Gasteiger partial charge >= 0.3 is 0 Å². The molecule has 0 spiro atoms. The Labute approximate surface area is 189 Å². The molecule has 3 rings (SSSR count). The standard InChI is InChI=1S/C24H21IN2O3/c1-2-15-30-22-14-13-18(16-21(22)25)17-26-27-23(28)24(29,19-9-5-3-6-10-19)20-11-7-4-8-12-20/h2-14,16-17,29H,1,15H2,(H,27,28)/b26-17+. The van der Waals surface area contributed by atoms with Gasteiger partial charge in [0, 0.05) is 0 Å². The fourth-order valence-electron chi connectivity index (χ4n) is 2.90. The van der Waals surface area contributed by atoms with E-state index in [0.717, 1.165) is 14.9 Å². The number of carbonyl (C=O) groups is 1. The van der Waals surface area contributed by atoms with E-state index in [9.17, 15) is 9.90 Å². The van der Waals surface area contributed by atoms with E-state index in [0.29, 0.717) is 17.7 Å². The van der Waals surface area contributed by atoms with Gasteiger partial charge in [-0.1, -0.05) is 73.3 Å². The minimum Gasteiger partial charge on any atom is -0.488 e. The van der Waals surface area contributed by atoms with Crippen LogP contribution in [0.5, 0.6) is 5.75 Å². The number of amides is 1. The lowest BCUT2D eigenvalue weighted by Crippen LogP contribution is -2.43. The Morgan fingerprint density at radius 1 is 1.07 bits per heavy atom. The number of hydrogen-bond donors (Lipinski definition) is 2. The molecule has 0 aliphatic carbocycles. The summed E-state index contributed by atoms with van der Waals surface area (Å²) in [5.74, 6) is 0.107. The molecule has 5 nitrogen and oxygen atoms in total. The van der Waals surface area contributed by atoms with Crippen molar-refractivity contribution in [3.05, 3.63) is 112 Å². The molecule has 0 saturated carbocycles. The van der Waals surface area contributed by atoms with Crippen LogP contribution in [0.15, 0.2) is 96.6 Å². The van der Waals surface area contributed by atoms with Crippen LogP contribution in [0.2, 0.25) is 0 Å². The quantitative estimate of drug-likeness (QED) is 0.205. The zero-order valence-corrected chi connectivity index (χ0v) is 18.3. The van der Waals surface area contributed by atoms with Crippen molar-refractivity contribution in [3.8, 4) is 5.75 Å². The second-order valence-corrected chi connectivity index (χ2v) is 7.59. The first kappa shape index (κ1) is 21.7. The predicted molar refractivity (Wildman–Crippen MR) is 126 cm³/mol. The number of rotatable bonds is 8. The summed E-state index contributed by atoms with van der Waals surface area (Å²) in [5.41, 5.74) is 2.31. The molecule has 2 N–H and O–H groups in total. The molecule has 0 aliphatic heterocycles. The minimum absolute atomic E-state index is 0.428. The number of hydrogen-bond acceptors (Lipinski definition) is 4. The molecule has 0 atom stereocenters. The Balaban J connectivity index is 1.80. The Bertz CT molecular complexity index is 997. The average molecular weight is 512 g/mol. The van der Waals surface area contributed by atoms with Crippen molar-refractivity contribution >= 4 is 34.7 Å². The Morgan fingerprint density at radius 2 is 1.67 bits per heavy atom. The van der Waals surface area contributed by atoms with E-state index in [-0.39, 0.29) is 0 Å². The van der Waals surface area contributed by atoms with Gasteiger partial charge in [0.15, 0.2) is 5.60 Å². The summed E-state index contributed by atoms with van der Waals surface area (Å²) in [7, 11) is 0. The number of nitrogens with zero attached hydrogens (tertiary/aromatic N) is 1. The smallest absolute Gasteiger partial charge is 0.281 e. The molecule has 0 heterocycles. The second-order valence-electron chi connectivity index (χ2n) is 6.43. The van der Waals surface area contributed by atoms with Gasteiger partial charge in [0.1, 0.15) is 12.4 Å². The number of benzene rings is 3. The number of carbonyl (C=O) groups excluding carboxylic acids is 1. The highest BCUT2D eigenvalue weighted by molar-refractivity contribution is 14.1. The van der Waals surface area contributed by atoms with E-state index in [4.69, 9.17) is 4.74 Å². The summed E-state index contributed by atoms with van der Waals surface area (Å²) < 4.78 is 6.47. The van der Waals surface area contributed by atoms with Crippen molar-refractivity contribution < 1.29 is 14.6 Å². The van der Waals surface area contributed by atoms with Crippen molar-refractivity contribution in [1.82, 2.24) is 5.43 Å². The Morgan fingerprint density at radius 3 is 2.20 bits per heavy atom. The molecular weight excluding hydrogens is 491 g/mol. The molecule has 0 aliphatic rings. The molecule has 0 aromatic heterocycles. The number of hydrazone groups is 1. The fraction of sp³-hybridized carbons (Fsp3) is 0.0833. The molecule has 152 valence electrons. The predicted octanol–water partition coefficient (Wildman–Crippen LogP) is 4.24. The summed E-state index contributed by atoms with van der Waals surface area (Å²) in [6.45, 7) is 4.06. The lowest BCUT2D eigenvalue weighted by molar-refractivity contribution is -0.136. The van der Waals surface area contributed by atoms with E-state index in [1.165, 1.54) is 6.21 Å². The lowest BCUT2D eigenvalue weighted by atomic mass is 9.85. The molecule has 0 bridgehead atoms. The zero-order chi connectivity index (χ0) is 21.4. The highest BCUT2D eigenvalue weighted by atomic mass is 127. The van der Waals surface area contributed by atoms with Crippen LogP contribution in [-0.2, 0) is 10.4 Å². The molecule has 0 saturated heterocycles. The van der Waals surface area contributed by atoms with Crippen LogP contribution in [0.25, 0.3) is 0 Å². The maximum atomic E-state index is 13.0. The van der Waals surface area contributed by atoms with Crippen LogP contribution in [0.3, 0.4) is 0 Å². The van der Waals surface area contributed by atoms with Crippen LogP contribution in [0.1, 0.15) is 16.7 Å². The van der Waals surface area contributed by atoms with Crippen LogP contribution < -0.4 is 10.2 Å². The van der Waals surface area contributed by atoms with Gasteiger partial charge < -0.3 is 9.84 Å². The first-order valence-electron chi connectivity index (χ1n) is 9.26. The highest BCUT2D eigenvalue weighted by Crippen LogP contribution is 2.29. The van der Waals surface area contributed by atoms with Crippen LogP contribution in [0, 0.1) is 3.57 Å².